The summed E-state index contributed by atoms with van der Waals surface area (Å²) in [6.07, 6.45) is 0. The summed E-state index contributed by atoms with van der Waals surface area (Å²) in [7, 11) is 0. The second kappa shape index (κ2) is 59.8. The first-order valence-corrected chi connectivity index (χ1v) is 2.88. The Hall–Kier alpha value is 0.103. The van der Waals surface area contributed by atoms with Crippen molar-refractivity contribution in [2.24, 2.45) is 0 Å². The first kappa shape index (κ1) is 15.7. The van der Waals surface area contributed by atoms with Crippen LogP contribution in [0.5, 0.6) is 0 Å². The third-order valence-corrected chi connectivity index (χ3v) is 0. The Morgan fingerprint density at radius 1 is 1.12 bits per heavy atom. The molecule has 0 saturated heterocycles. The first-order chi connectivity index (χ1) is 3.83. The Balaban J connectivity index is -0.0000000483. The molecular weight excluding hydrogens is 223 g/mol. The van der Waals surface area contributed by atoms with Crippen molar-refractivity contribution in [2.75, 3.05) is 0 Å². The van der Waals surface area contributed by atoms with E-state index in [9.17, 15) is 0 Å². The predicted molar refractivity (Wildman–Crippen MR) is 26.6 cm³/mol. The van der Waals surface area contributed by atoms with Gasteiger partial charge in [-0.05, 0) is 0 Å². The fourth-order valence-corrected chi connectivity index (χ4v) is 0. The van der Waals surface area contributed by atoms with Crippen molar-refractivity contribution in [1.82, 2.24) is 0 Å². The molecule has 0 N–H and O–H groups in total. The maximum absolute atomic E-state index is 8.34. The zero-order valence-electron chi connectivity index (χ0n) is 3.62. The van der Waals surface area contributed by atoms with Gasteiger partial charge < -0.3 is 25.3 Å². The van der Waals surface area contributed by atoms with Crippen molar-refractivity contribution in [3.63, 3.8) is 0 Å². The SMILES string of the molecule is N#C[S-].N#C[S-].[O]=[Zr+2]. The van der Waals surface area contributed by atoms with Crippen molar-refractivity contribution in [3.8, 4) is 10.8 Å². The third kappa shape index (κ3) is 14900. The molecule has 3 nitrogen and oxygen atoms in total. The van der Waals surface area contributed by atoms with Crippen LogP contribution in [-0.4, -0.2) is 0 Å². The van der Waals surface area contributed by atoms with Gasteiger partial charge in [-0.25, -0.2) is 10.5 Å². The number of hydrogen-bond acceptors (Lipinski definition) is 5. The summed E-state index contributed by atoms with van der Waals surface area (Å²) >= 11 is 7.70. The summed E-state index contributed by atoms with van der Waals surface area (Å²) in [5, 5.41) is 16.9. The molecule has 6 heteroatoms. The summed E-state index contributed by atoms with van der Waals surface area (Å²) in [4.78, 5) is 0. The molecular formula is C2N2OS2Zr. The van der Waals surface area contributed by atoms with Gasteiger partial charge in [0.2, 0.25) is 0 Å². The van der Waals surface area contributed by atoms with Crippen molar-refractivity contribution in [1.29, 1.82) is 10.5 Å². The van der Waals surface area contributed by atoms with Crippen molar-refractivity contribution < 1.29 is 27.5 Å². The van der Waals surface area contributed by atoms with E-state index in [0.29, 0.717) is 24.7 Å². The predicted octanol–water partition coefficient (Wildman–Crippen LogP) is -0.0925. The molecule has 0 aromatic carbocycles. The molecule has 0 saturated carbocycles. The van der Waals surface area contributed by atoms with Crippen LogP contribution in [0.25, 0.3) is 0 Å². The van der Waals surface area contributed by atoms with E-state index in [-0.39, 0.29) is 0 Å². The van der Waals surface area contributed by atoms with E-state index in [1.807, 2.05) is 0 Å². The molecule has 0 amide bonds. The molecule has 0 radical (unpaired) electrons. The van der Waals surface area contributed by atoms with E-state index < -0.39 is 0 Å². The normalized spacial score (nSPS) is 2.50. The fraction of sp³-hybridized carbons (Fsp3) is 0. The van der Waals surface area contributed by atoms with Gasteiger partial charge in [-0.15, -0.1) is 0 Å². The van der Waals surface area contributed by atoms with Gasteiger partial charge in [0.1, 0.15) is 0 Å². The van der Waals surface area contributed by atoms with Gasteiger partial charge in [-0.3, -0.25) is 0 Å². The van der Waals surface area contributed by atoms with Crippen LogP contribution in [0, 0.1) is 21.3 Å². The Morgan fingerprint density at radius 3 is 1.12 bits per heavy atom. The van der Waals surface area contributed by atoms with Crippen LogP contribution in [0.3, 0.4) is 0 Å². The van der Waals surface area contributed by atoms with Crippen LogP contribution >= 0.6 is 0 Å². The van der Waals surface area contributed by atoms with Gasteiger partial charge in [-0.2, -0.15) is 0 Å². The van der Waals surface area contributed by atoms with Crippen LogP contribution in [0.1, 0.15) is 0 Å². The van der Waals surface area contributed by atoms with Crippen LogP contribution in [-0.2, 0) is 52.8 Å². The number of nitriles is 2. The number of thiocyanates is 2. The zero-order chi connectivity index (χ0) is 7.41. The zero-order valence-corrected chi connectivity index (χ0v) is 7.71. The first-order valence-electron chi connectivity index (χ1n) is 1.06. The molecule has 0 unspecified atom stereocenters. The number of nitrogens with zero attached hydrogens (tertiary/aromatic N) is 2. The molecule has 0 aliphatic carbocycles. The van der Waals surface area contributed by atoms with Crippen molar-refractivity contribution >= 4 is 25.3 Å². The molecule has 0 rings (SSSR count). The molecule has 0 aliphatic heterocycles. The molecule has 0 heterocycles. The molecule has 0 bridgehead atoms. The topological polar surface area (TPSA) is 64.7 Å². The summed E-state index contributed by atoms with van der Waals surface area (Å²) in [6.45, 7) is 0. The Labute approximate surface area is 73.8 Å². The van der Waals surface area contributed by atoms with E-state index in [0.717, 1.165) is 0 Å². The van der Waals surface area contributed by atoms with Gasteiger partial charge in [0.05, 0.1) is 0 Å². The Morgan fingerprint density at radius 2 is 1.12 bits per heavy atom. The Bertz CT molecular complexity index is 83.2. The van der Waals surface area contributed by atoms with Gasteiger partial charge in [0.15, 0.2) is 0 Å². The fourth-order valence-electron chi connectivity index (χ4n) is 0. The van der Waals surface area contributed by atoms with Crippen LogP contribution in [0.2, 0.25) is 0 Å². The standard InChI is InChI=1S/2CHNS.O.Zr/c2*2-1-3;;/h2*3H;;/q;;;+2/p-2. The molecule has 0 atom stereocenters. The minimum atomic E-state index is 0.300. The molecule has 0 aromatic heterocycles. The monoisotopic (exact) mass is 222 g/mol. The van der Waals surface area contributed by atoms with Crippen molar-refractivity contribution in [3.05, 3.63) is 0 Å². The second-order valence-electron chi connectivity index (χ2n) is 0.183. The molecule has 0 fully saturated rings. The van der Waals surface area contributed by atoms with Crippen LogP contribution in [0.15, 0.2) is 0 Å². The van der Waals surface area contributed by atoms with Gasteiger partial charge in [0.25, 0.3) is 0 Å². The average Bonchev–Trinajstić information content (AvgIpc) is 1.75. The summed E-state index contributed by atoms with van der Waals surface area (Å²) in [5.41, 5.74) is 0. The molecule has 0 aliphatic rings. The van der Waals surface area contributed by atoms with E-state index in [1.165, 1.54) is 10.8 Å². The summed E-state index contributed by atoms with van der Waals surface area (Å²) in [5.74, 6) is 0. The molecule has 40 valence electrons. The van der Waals surface area contributed by atoms with E-state index in [1.54, 1.807) is 0 Å². The quantitative estimate of drug-likeness (QED) is 0.424. The van der Waals surface area contributed by atoms with Crippen LogP contribution < -0.4 is 0 Å². The van der Waals surface area contributed by atoms with Crippen molar-refractivity contribution in [2.45, 2.75) is 0 Å². The number of rotatable bonds is 0. The van der Waals surface area contributed by atoms with E-state index in [4.69, 9.17) is 13.3 Å². The minimum absolute atomic E-state index is 0.300. The van der Waals surface area contributed by atoms with Crippen LogP contribution in [0.4, 0.5) is 0 Å². The van der Waals surface area contributed by atoms with Gasteiger partial charge >= 0.3 is 27.5 Å². The maximum atomic E-state index is 8.34. The van der Waals surface area contributed by atoms with E-state index in [2.05, 4.69) is 25.3 Å². The number of hydrogen-bond donors (Lipinski definition) is 0. The third-order valence-electron chi connectivity index (χ3n) is 0. The summed E-state index contributed by atoms with van der Waals surface area (Å²) in [6, 6.07) is 0. The van der Waals surface area contributed by atoms with E-state index >= 15 is 0 Å². The molecule has 0 aromatic rings. The second-order valence-corrected chi connectivity index (χ2v) is 0.548. The summed E-state index contributed by atoms with van der Waals surface area (Å²) < 4.78 is 8.34. The van der Waals surface area contributed by atoms with Gasteiger partial charge in [0, 0.05) is 0 Å². The Kier molecular flexibility index (Phi) is 117. The molecule has 0 spiro atoms. The molecule has 8 heavy (non-hydrogen) atoms. The average molecular weight is 223 g/mol. The van der Waals surface area contributed by atoms with Gasteiger partial charge in [-0.1, -0.05) is 10.8 Å².